The number of aromatic nitrogens is 4. The number of fused-ring (bicyclic) bond motifs is 1. The van der Waals surface area contributed by atoms with Crippen molar-refractivity contribution in [3.63, 3.8) is 0 Å². The van der Waals surface area contributed by atoms with Gasteiger partial charge in [0.05, 0.1) is 5.56 Å². The van der Waals surface area contributed by atoms with E-state index in [-0.39, 0.29) is 5.56 Å². The zero-order chi connectivity index (χ0) is 12.0. The van der Waals surface area contributed by atoms with Crippen molar-refractivity contribution in [1.29, 1.82) is 0 Å². The highest BCUT2D eigenvalue weighted by Gasteiger charge is 2.14. The minimum absolute atomic E-state index is 0.139. The van der Waals surface area contributed by atoms with Gasteiger partial charge in [-0.25, -0.2) is 8.78 Å². The van der Waals surface area contributed by atoms with Crippen LogP contribution in [0.25, 0.3) is 15.5 Å². The first-order valence-electron chi connectivity index (χ1n) is 4.79. The number of hydrogen-bond donors (Lipinski definition) is 0. The molecule has 86 valence electrons. The quantitative estimate of drug-likeness (QED) is 0.668. The fourth-order valence-electron chi connectivity index (χ4n) is 1.48. The van der Waals surface area contributed by atoms with E-state index in [0.29, 0.717) is 15.8 Å². The van der Waals surface area contributed by atoms with Gasteiger partial charge in [-0.1, -0.05) is 11.3 Å². The van der Waals surface area contributed by atoms with E-state index in [4.69, 9.17) is 0 Å². The van der Waals surface area contributed by atoms with Crippen molar-refractivity contribution < 1.29 is 8.78 Å². The zero-order valence-electron chi connectivity index (χ0n) is 8.69. The Morgan fingerprint density at radius 3 is 2.82 bits per heavy atom. The van der Waals surface area contributed by atoms with Crippen LogP contribution >= 0.6 is 11.3 Å². The molecule has 7 heteroatoms. The van der Waals surface area contributed by atoms with Gasteiger partial charge >= 0.3 is 0 Å². The molecule has 0 aliphatic rings. The molecule has 2 heterocycles. The summed E-state index contributed by atoms with van der Waals surface area (Å²) in [5, 5.41) is 12.2. The maximum absolute atomic E-state index is 13.5. The second-order valence-electron chi connectivity index (χ2n) is 3.47. The van der Waals surface area contributed by atoms with Gasteiger partial charge in [0.15, 0.2) is 10.8 Å². The summed E-state index contributed by atoms with van der Waals surface area (Å²) < 4.78 is 28.1. The van der Waals surface area contributed by atoms with Crippen molar-refractivity contribution in [2.24, 2.45) is 0 Å². The molecule has 0 N–H and O–H groups in total. The Morgan fingerprint density at radius 1 is 1.24 bits per heavy atom. The summed E-state index contributed by atoms with van der Waals surface area (Å²) in [6.45, 7) is 1.74. The zero-order valence-corrected chi connectivity index (χ0v) is 9.50. The van der Waals surface area contributed by atoms with Gasteiger partial charge in [-0.05, 0) is 25.1 Å². The maximum Gasteiger partial charge on any atom is 0.234 e. The number of benzene rings is 1. The highest BCUT2D eigenvalue weighted by atomic mass is 32.1. The third kappa shape index (κ3) is 1.59. The van der Waals surface area contributed by atoms with Gasteiger partial charge in [-0.2, -0.15) is 9.61 Å². The average Bonchev–Trinajstić information content (AvgIpc) is 2.85. The molecular weight excluding hydrogens is 246 g/mol. The van der Waals surface area contributed by atoms with Gasteiger partial charge in [0.2, 0.25) is 4.96 Å². The smallest absolute Gasteiger partial charge is 0.207 e. The lowest BCUT2D eigenvalue weighted by atomic mass is 10.2. The normalized spacial score (nSPS) is 11.2. The van der Waals surface area contributed by atoms with E-state index in [0.717, 1.165) is 18.2 Å². The Labute approximate surface area is 98.5 Å². The van der Waals surface area contributed by atoms with Crippen LogP contribution in [-0.2, 0) is 0 Å². The van der Waals surface area contributed by atoms with Gasteiger partial charge in [0, 0.05) is 0 Å². The Morgan fingerprint density at radius 2 is 2.06 bits per heavy atom. The van der Waals surface area contributed by atoms with Crippen molar-refractivity contribution in [2.45, 2.75) is 6.92 Å². The highest BCUT2D eigenvalue weighted by Crippen LogP contribution is 2.28. The molecule has 0 unspecified atom stereocenters. The Balaban J connectivity index is 2.23. The van der Waals surface area contributed by atoms with Crippen molar-refractivity contribution in [3.05, 3.63) is 35.7 Å². The van der Waals surface area contributed by atoms with Gasteiger partial charge < -0.3 is 0 Å². The molecule has 0 spiro atoms. The molecule has 0 amide bonds. The summed E-state index contributed by atoms with van der Waals surface area (Å²) in [5.74, 6) is -0.391. The van der Waals surface area contributed by atoms with Crippen LogP contribution in [0, 0.1) is 18.6 Å². The van der Waals surface area contributed by atoms with E-state index < -0.39 is 11.6 Å². The molecule has 0 bridgehead atoms. The SMILES string of the molecule is Cc1nnc2sc(-c3cc(F)ccc3F)nn12. The Bertz CT molecular complexity index is 703. The van der Waals surface area contributed by atoms with Crippen molar-refractivity contribution in [3.8, 4) is 10.6 Å². The first-order chi connectivity index (χ1) is 8.15. The van der Waals surface area contributed by atoms with Gasteiger partial charge in [-0.15, -0.1) is 10.2 Å². The molecule has 3 rings (SSSR count). The molecule has 3 aromatic rings. The van der Waals surface area contributed by atoms with Gasteiger partial charge in [0.1, 0.15) is 11.6 Å². The molecule has 0 saturated heterocycles. The number of nitrogens with zero attached hydrogens (tertiary/aromatic N) is 4. The predicted molar refractivity (Wildman–Crippen MR) is 58.7 cm³/mol. The standard InChI is InChI=1S/C10H6F2N4S/c1-5-13-14-10-16(5)15-9(17-10)7-4-6(11)2-3-8(7)12/h2-4H,1H3. The Kier molecular flexibility index (Phi) is 2.15. The average molecular weight is 252 g/mol. The minimum atomic E-state index is -0.506. The Hall–Kier alpha value is -1.89. The molecule has 0 fully saturated rings. The van der Waals surface area contributed by atoms with E-state index in [9.17, 15) is 8.78 Å². The van der Waals surface area contributed by atoms with Gasteiger partial charge in [-0.3, -0.25) is 0 Å². The van der Waals surface area contributed by atoms with E-state index >= 15 is 0 Å². The molecule has 0 saturated carbocycles. The maximum atomic E-state index is 13.5. The van der Waals surface area contributed by atoms with Crippen molar-refractivity contribution in [1.82, 2.24) is 19.8 Å². The first-order valence-corrected chi connectivity index (χ1v) is 5.61. The largest absolute Gasteiger partial charge is 0.234 e. The third-order valence-corrected chi connectivity index (χ3v) is 3.24. The van der Waals surface area contributed by atoms with Crippen LogP contribution in [0.1, 0.15) is 5.82 Å². The van der Waals surface area contributed by atoms with Gasteiger partial charge in [0.25, 0.3) is 0 Å². The first kappa shape index (κ1) is 10.3. The summed E-state index contributed by atoms with van der Waals surface area (Å²) in [5.41, 5.74) is 0.139. The molecular formula is C10H6F2N4S. The minimum Gasteiger partial charge on any atom is -0.207 e. The fourth-order valence-corrected chi connectivity index (χ4v) is 2.39. The van der Waals surface area contributed by atoms with Crippen LogP contribution < -0.4 is 0 Å². The van der Waals surface area contributed by atoms with Crippen LogP contribution in [0.4, 0.5) is 8.78 Å². The van der Waals surface area contributed by atoms with E-state index in [1.165, 1.54) is 15.9 Å². The summed E-state index contributed by atoms with van der Waals surface area (Å²) in [7, 11) is 0. The van der Waals surface area contributed by atoms with Crippen LogP contribution in [0.5, 0.6) is 0 Å². The monoisotopic (exact) mass is 252 g/mol. The number of rotatable bonds is 1. The molecule has 2 aromatic heterocycles. The lowest BCUT2D eigenvalue weighted by molar-refractivity contribution is 0.602. The highest BCUT2D eigenvalue weighted by molar-refractivity contribution is 7.19. The number of aryl methyl sites for hydroxylation is 1. The predicted octanol–water partition coefficient (Wildman–Crippen LogP) is 2.44. The number of halogens is 2. The van der Waals surface area contributed by atoms with E-state index in [2.05, 4.69) is 15.3 Å². The summed E-state index contributed by atoms with van der Waals surface area (Å²) in [6.07, 6.45) is 0. The molecule has 1 aromatic carbocycles. The van der Waals surface area contributed by atoms with Crippen molar-refractivity contribution in [2.75, 3.05) is 0 Å². The molecule has 0 atom stereocenters. The summed E-state index contributed by atoms with van der Waals surface area (Å²) in [6, 6.07) is 3.28. The summed E-state index contributed by atoms with van der Waals surface area (Å²) in [4.78, 5) is 0.557. The summed E-state index contributed by atoms with van der Waals surface area (Å²) >= 11 is 1.17. The molecule has 4 nitrogen and oxygen atoms in total. The topological polar surface area (TPSA) is 43.1 Å². The second-order valence-corrected chi connectivity index (χ2v) is 4.43. The molecule has 0 radical (unpaired) electrons. The second kappa shape index (κ2) is 3.56. The van der Waals surface area contributed by atoms with E-state index in [1.807, 2.05) is 0 Å². The molecule has 0 aliphatic carbocycles. The van der Waals surface area contributed by atoms with E-state index in [1.54, 1.807) is 6.92 Å². The van der Waals surface area contributed by atoms with Crippen molar-refractivity contribution >= 4 is 16.3 Å². The van der Waals surface area contributed by atoms with Crippen LogP contribution in [0.2, 0.25) is 0 Å². The van der Waals surface area contributed by atoms with Crippen LogP contribution in [0.15, 0.2) is 18.2 Å². The fraction of sp³-hybridized carbons (Fsp3) is 0.100. The lowest BCUT2D eigenvalue weighted by Gasteiger charge is -1.97. The molecule has 17 heavy (non-hydrogen) atoms. The lowest BCUT2D eigenvalue weighted by Crippen LogP contribution is -1.90. The number of hydrogen-bond acceptors (Lipinski definition) is 4. The van der Waals surface area contributed by atoms with Crippen LogP contribution in [0.3, 0.4) is 0 Å². The third-order valence-electron chi connectivity index (χ3n) is 2.31. The molecule has 0 aliphatic heterocycles. The van der Waals surface area contributed by atoms with Crippen LogP contribution in [-0.4, -0.2) is 19.8 Å².